The maximum Gasteiger partial charge on any atom is 0.416 e. The van der Waals surface area contributed by atoms with Gasteiger partial charge in [0, 0.05) is 23.5 Å². The fraction of sp³-hybridized carbons (Fsp3) is 0.174. The van der Waals surface area contributed by atoms with Crippen molar-refractivity contribution in [3.63, 3.8) is 0 Å². The zero-order valence-electron chi connectivity index (χ0n) is 17.8. The summed E-state index contributed by atoms with van der Waals surface area (Å²) in [6, 6.07) is 14.4. The van der Waals surface area contributed by atoms with Gasteiger partial charge in [-0.25, -0.2) is 4.99 Å². The van der Waals surface area contributed by atoms with Gasteiger partial charge in [-0.05, 0) is 42.5 Å². The minimum atomic E-state index is -4.51. The Bertz CT molecular complexity index is 1110. The largest absolute Gasteiger partial charge is 0.497 e. The molecule has 0 aliphatic heterocycles. The number of nitrogens with one attached hydrogen (secondary N) is 2. The molecule has 1 aromatic heterocycles. The number of halogens is 3. The molecular formula is C23H21F3N4O3. The highest BCUT2D eigenvalue weighted by atomic mass is 19.4. The van der Waals surface area contributed by atoms with Gasteiger partial charge in [0.15, 0.2) is 0 Å². The maximum absolute atomic E-state index is 13.1. The maximum atomic E-state index is 13.1. The molecule has 0 unspecified atom stereocenters. The van der Waals surface area contributed by atoms with E-state index in [1.807, 2.05) is 0 Å². The number of alkyl halides is 3. The third-order valence-electron chi connectivity index (χ3n) is 4.42. The highest BCUT2D eigenvalue weighted by molar-refractivity contribution is 6.10. The second-order valence-electron chi connectivity index (χ2n) is 6.74. The van der Waals surface area contributed by atoms with Crippen LogP contribution in [0.15, 0.2) is 71.9 Å². The van der Waals surface area contributed by atoms with E-state index in [-0.39, 0.29) is 23.8 Å². The number of aliphatic imine (C=N–C) groups is 1. The van der Waals surface area contributed by atoms with E-state index in [9.17, 15) is 18.0 Å². The Kier molecular flexibility index (Phi) is 7.50. The summed E-state index contributed by atoms with van der Waals surface area (Å²) >= 11 is 0. The second kappa shape index (κ2) is 10.5. The van der Waals surface area contributed by atoms with Gasteiger partial charge in [-0.1, -0.05) is 12.1 Å². The standard InChI is InChI=1S/C23H21F3N4O3/c1-32-19-10-15(11-20(13-19)33-2)21(31)30-22(28-14-18-7-3-4-9-27-18)29-17-8-5-6-16(12-17)23(24,25)26/h3-13H,14H2,1-2H3,(H2,28,29,30,31). The van der Waals surface area contributed by atoms with Crippen LogP contribution in [-0.2, 0) is 12.7 Å². The molecule has 33 heavy (non-hydrogen) atoms. The van der Waals surface area contributed by atoms with E-state index in [0.717, 1.165) is 12.1 Å². The van der Waals surface area contributed by atoms with Crippen molar-refractivity contribution in [3.05, 3.63) is 83.7 Å². The van der Waals surface area contributed by atoms with Crippen LogP contribution in [0.3, 0.4) is 0 Å². The molecule has 0 saturated carbocycles. The molecular weight excluding hydrogens is 437 g/mol. The molecule has 0 bridgehead atoms. The lowest BCUT2D eigenvalue weighted by atomic mass is 10.2. The van der Waals surface area contributed by atoms with Crippen LogP contribution in [0.4, 0.5) is 18.9 Å². The van der Waals surface area contributed by atoms with Crippen LogP contribution in [-0.4, -0.2) is 31.1 Å². The lowest BCUT2D eigenvalue weighted by molar-refractivity contribution is -0.137. The third-order valence-corrected chi connectivity index (χ3v) is 4.42. The Hall–Kier alpha value is -4.08. The number of carbonyl (C=O) groups is 1. The summed E-state index contributed by atoms with van der Waals surface area (Å²) in [6.45, 7) is 0.0871. The fourth-order valence-electron chi connectivity index (χ4n) is 2.79. The molecule has 0 aliphatic rings. The molecule has 2 aromatic carbocycles. The summed E-state index contributed by atoms with van der Waals surface area (Å²) in [5, 5.41) is 5.34. The van der Waals surface area contributed by atoms with Gasteiger partial charge in [0.1, 0.15) is 11.5 Å². The minimum absolute atomic E-state index is 0.0493. The number of amides is 1. The Morgan fingerprint density at radius 1 is 1.00 bits per heavy atom. The summed E-state index contributed by atoms with van der Waals surface area (Å²) in [6.07, 6.45) is -2.92. The van der Waals surface area contributed by atoms with Crippen LogP contribution < -0.4 is 20.1 Å². The molecule has 0 spiro atoms. The van der Waals surface area contributed by atoms with Gasteiger partial charge in [0.05, 0.1) is 32.0 Å². The zero-order chi connectivity index (χ0) is 23.8. The Morgan fingerprint density at radius 2 is 1.73 bits per heavy atom. The zero-order valence-corrected chi connectivity index (χ0v) is 17.8. The number of carbonyl (C=O) groups excluding carboxylic acids is 1. The molecule has 3 rings (SSSR count). The Balaban J connectivity index is 1.88. The predicted octanol–water partition coefficient (Wildman–Crippen LogP) is 4.52. The van der Waals surface area contributed by atoms with Gasteiger partial charge >= 0.3 is 6.18 Å². The van der Waals surface area contributed by atoms with Crippen LogP contribution in [0, 0.1) is 0 Å². The lowest BCUT2D eigenvalue weighted by Gasteiger charge is -2.14. The van der Waals surface area contributed by atoms with Crippen molar-refractivity contribution in [2.75, 3.05) is 19.5 Å². The van der Waals surface area contributed by atoms with E-state index in [4.69, 9.17) is 9.47 Å². The van der Waals surface area contributed by atoms with Gasteiger partial charge in [-0.3, -0.25) is 15.1 Å². The number of ether oxygens (including phenoxy) is 2. The number of hydrogen-bond acceptors (Lipinski definition) is 5. The molecule has 7 nitrogen and oxygen atoms in total. The SMILES string of the molecule is COc1cc(OC)cc(C(=O)NC(=NCc2ccccn2)Nc2cccc(C(F)(F)F)c2)c1. The summed E-state index contributed by atoms with van der Waals surface area (Å²) in [5.74, 6) is 0.188. The topological polar surface area (TPSA) is 84.8 Å². The van der Waals surface area contributed by atoms with Crippen molar-refractivity contribution in [1.29, 1.82) is 0 Å². The van der Waals surface area contributed by atoms with E-state index in [2.05, 4.69) is 20.6 Å². The van der Waals surface area contributed by atoms with E-state index in [1.165, 1.54) is 38.5 Å². The predicted molar refractivity (Wildman–Crippen MR) is 117 cm³/mol. The molecule has 0 atom stereocenters. The number of pyridine rings is 1. The van der Waals surface area contributed by atoms with E-state index in [0.29, 0.717) is 17.2 Å². The highest BCUT2D eigenvalue weighted by Gasteiger charge is 2.30. The van der Waals surface area contributed by atoms with Crippen molar-refractivity contribution in [2.45, 2.75) is 12.7 Å². The normalized spacial score (nSPS) is 11.6. The molecule has 10 heteroatoms. The van der Waals surface area contributed by atoms with Crippen molar-refractivity contribution >= 4 is 17.6 Å². The van der Waals surface area contributed by atoms with Crippen LogP contribution in [0.2, 0.25) is 0 Å². The van der Waals surface area contributed by atoms with Crippen LogP contribution in [0.5, 0.6) is 11.5 Å². The fourth-order valence-corrected chi connectivity index (χ4v) is 2.79. The first-order valence-corrected chi connectivity index (χ1v) is 9.71. The molecule has 1 amide bonds. The average Bonchev–Trinajstić information content (AvgIpc) is 2.82. The molecule has 0 fully saturated rings. The van der Waals surface area contributed by atoms with Crippen molar-refractivity contribution in [1.82, 2.24) is 10.3 Å². The quantitative estimate of drug-likeness (QED) is 0.419. The molecule has 0 saturated heterocycles. The van der Waals surface area contributed by atoms with Crippen LogP contribution in [0.1, 0.15) is 21.6 Å². The van der Waals surface area contributed by atoms with Gasteiger partial charge in [0.25, 0.3) is 5.91 Å². The van der Waals surface area contributed by atoms with Crippen molar-refractivity contribution in [2.24, 2.45) is 4.99 Å². The van der Waals surface area contributed by atoms with Crippen LogP contribution in [0.25, 0.3) is 0 Å². The number of benzene rings is 2. The van der Waals surface area contributed by atoms with Crippen molar-refractivity contribution in [3.8, 4) is 11.5 Å². The molecule has 2 N–H and O–H groups in total. The Labute approximate surface area is 188 Å². The van der Waals surface area contributed by atoms with Gasteiger partial charge in [-0.15, -0.1) is 0 Å². The number of anilines is 1. The first-order chi connectivity index (χ1) is 15.8. The molecule has 0 aliphatic carbocycles. The minimum Gasteiger partial charge on any atom is -0.497 e. The monoisotopic (exact) mass is 458 g/mol. The molecule has 1 heterocycles. The summed E-state index contributed by atoms with van der Waals surface area (Å²) < 4.78 is 49.6. The number of methoxy groups -OCH3 is 2. The smallest absolute Gasteiger partial charge is 0.416 e. The highest BCUT2D eigenvalue weighted by Crippen LogP contribution is 2.30. The van der Waals surface area contributed by atoms with Gasteiger partial charge in [0.2, 0.25) is 5.96 Å². The van der Waals surface area contributed by atoms with Gasteiger partial charge < -0.3 is 14.8 Å². The second-order valence-corrected chi connectivity index (χ2v) is 6.74. The lowest BCUT2D eigenvalue weighted by Crippen LogP contribution is -2.36. The Morgan fingerprint density at radius 3 is 2.33 bits per heavy atom. The van der Waals surface area contributed by atoms with Crippen molar-refractivity contribution < 1.29 is 27.4 Å². The number of aromatic nitrogens is 1. The summed E-state index contributed by atoms with van der Waals surface area (Å²) in [4.78, 5) is 21.3. The number of nitrogens with zero attached hydrogens (tertiary/aromatic N) is 2. The molecule has 3 aromatic rings. The average molecular weight is 458 g/mol. The van der Waals surface area contributed by atoms with E-state index < -0.39 is 17.6 Å². The summed E-state index contributed by atoms with van der Waals surface area (Å²) in [7, 11) is 2.90. The van der Waals surface area contributed by atoms with E-state index in [1.54, 1.807) is 30.5 Å². The van der Waals surface area contributed by atoms with E-state index >= 15 is 0 Å². The van der Waals surface area contributed by atoms with Gasteiger partial charge in [-0.2, -0.15) is 13.2 Å². The number of rotatable bonds is 6. The molecule has 172 valence electrons. The third kappa shape index (κ3) is 6.70. The molecule has 0 radical (unpaired) electrons. The first kappa shape index (κ1) is 23.6. The number of guanidine groups is 1. The summed E-state index contributed by atoms with van der Waals surface area (Å²) in [5.41, 5.74) is 0.0919. The first-order valence-electron chi connectivity index (χ1n) is 9.71. The number of hydrogen-bond donors (Lipinski definition) is 2. The van der Waals surface area contributed by atoms with Crippen LogP contribution >= 0.6 is 0 Å².